The van der Waals surface area contributed by atoms with Crippen LogP contribution in [0.25, 0.3) is 0 Å². The number of amides is 6. The van der Waals surface area contributed by atoms with Crippen LogP contribution in [0.3, 0.4) is 0 Å². The number of rotatable bonds is 8. The monoisotopic (exact) mass is 798 g/mol. The minimum absolute atomic E-state index is 0.00615. The molecule has 20 nitrogen and oxygen atoms in total. The molecule has 4 rings (SSSR count). The van der Waals surface area contributed by atoms with E-state index in [2.05, 4.69) is 20.1 Å². The standard InChI is InChI=1S/2C18H29N3O7/c2*1-18(2,3)28-17(26)20-7-5-6-12(20)16(25)21-10-11(22)8-13(21)15(24)19-9-14(23)27-4/h2*11-13,22H,5-10H2,1-4H3,(H,19,24)/t2*11-,12+,13+/m11/s1. The Balaban J connectivity index is 0.000000300. The molecule has 4 aliphatic heterocycles. The Morgan fingerprint density at radius 1 is 0.571 bits per heavy atom. The molecule has 0 aromatic heterocycles. The molecule has 0 bridgehead atoms. The summed E-state index contributed by atoms with van der Waals surface area (Å²) >= 11 is 0. The molecule has 0 aromatic carbocycles. The third kappa shape index (κ3) is 12.7. The number of nitrogens with zero attached hydrogens (tertiary/aromatic N) is 4. The van der Waals surface area contributed by atoms with E-state index in [-0.39, 0.29) is 39.0 Å². The van der Waals surface area contributed by atoms with E-state index in [1.807, 2.05) is 0 Å². The summed E-state index contributed by atoms with van der Waals surface area (Å²) in [7, 11) is 2.41. The van der Waals surface area contributed by atoms with E-state index in [1.165, 1.54) is 33.8 Å². The molecule has 4 N–H and O–H groups in total. The van der Waals surface area contributed by atoms with Crippen LogP contribution in [0.5, 0.6) is 0 Å². The third-order valence-corrected chi connectivity index (χ3v) is 9.33. The van der Waals surface area contributed by atoms with Crippen LogP contribution in [-0.2, 0) is 47.7 Å². The van der Waals surface area contributed by atoms with Crippen LogP contribution in [0.2, 0.25) is 0 Å². The zero-order valence-electron chi connectivity index (χ0n) is 33.5. The number of nitrogens with one attached hydrogen (secondary N) is 2. The molecule has 4 heterocycles. The van der Waals surface area contributed by atoms with Gasteiger partial charge >= 0.3 is 24.1 Å². The Morgan fingerprint density at radius 2 is 0.911 bits per heavy atom. The first-order valence-corrected chi connectivity index (χ1v) is 18.7. The summed E-state index contributed by atoms with van der Waals surface area (Å²) in [5.74, 6) is -3.13. The summed E-state index contributed by atoms with van der Waals surface area (Å²) in [6, 6.07) is -3.30. The number of methoxy groups -OCH3 is 2. The summed E-state index contributed by atoms with van der Waals surface area (Å²) < 4.78 is 19.7. The lowest BCUT2D eigenvalue weighted by Crippen LogP contribution is -2.53. The summed E-state index contributed by atoms with van der Waals surface area (Å²) in [6.45, 7) is 10.6. The quantitative estimate of drug-likeness (QED) is 0.175. The lowest BCUT2D eigenvalue weighted by Gasteiger charge is -2.32. The normalized spacial score (nSPS) is 24.8. The van der Waals surface area contributed by atoms with Crippen LogP contribution in [0.1, 0.15) is 80.1 Å². The minimum Gasteiger partial charge on any atom is -0.468 e. The zero-order valence-corrected chi connectivity index (χ0v) is 33.5. The van der Waals surface area contributed by atoms with Gasteiger partial charge in [0.1, 0.15) is 48.5 Å². The van der Waals surface area contributed by atoms with Crippen molar-refractivity contribution in [1.82, 2.24) is 30.2 Å². The van der Waals surface area contributed by atoms with Crippen LogP contribution < -0.4 is 10.6 Å². The summed E-state index contributed by atoms with van der Waals surface area (Å²) in [5, 5.41) is 24.8. The number of likely N-dealkylation sites (tertiary alicyclic amines) is 4. The second kappa shape index (κ2) is 19.4. The van der Waals surface area contributed by atoms with Gasteiger partial charge in [0.25, 0.3) is 0 Å². The summed E-state index contributed by atoms with van der Waals surface area (Å²) in [4.78, 5) is 104. The smallest absolute Gasteiger partial charge is 0.410 e. The van der Waals surface area contributed by atoms with Gasteiger partial charge in [-0.05, 0) is 67.2 Å². The highest BCUT2D eigenvalue weighted by molar-refractivity contribution is 5.94. The molecule has 56 heavy (non-hydrogen) atoms. The van der Waals surface area contributed by atoms with Gasteiger partial charge in [-0.3, -0.25) is 38.6 Å². The number of aliphatic hydroxyl groups excluding tert-OH is 2. The molecule has 0 aliphatic carbocycles. The lowest BCUT2D eigenvalue weighted by molar-refractivity contribution is -0.144. The Hall–Kier alpha value is -4.72. The molecule has 4 aliphatic rings. The lowest BCUT2D eigenvalue weighted by atomic mass is 10.1. The van der Waals surface area contributed by atoms with Crippen LogP contribution in [-0.4, -0.2) is 179 Å². The number of esters is 2. The van der Waals surface area contributed by atoms with E-state index in [1.54, 1.807) is 41.5 Å². The molecule has 4 fully saturated rings. The SMILES string of the molecule is COC(=O)CNC(=O)[C@@H]1C[C@@H](O)CN1C(=O)[C@@H]1CCCN1C(=O)OC(C)(C)C.COC(=O)CNC(=O)[C@@H]1C[C@@H](O)CN1C(=O)[C@@H]1CCCN1C(=O)OC(C)(C)C. The number of hydrogen-bond acceptors (Lipinski definition) is 14. The molecule has 0 spiro atoms. The average Bonchev–Trinajstić information content (AvgIpc) is 3.93. The molecule has 316 valence electrons. The Bertz CT molecular complexity index is 1370. The molecule has 6 amide bonds. The van der Waals surface area contributed by atoms with Crippen molar-refractivity contribution in [2.24, 2.45) is 0 Å². The van der Waals surface area contributed by atoms with Gasteiger partial charge in [0.2, 0.25) is 23.6 Å². The number of β-amino-alcohol motifs (C(OH)–C–C–N with tert-alkyl or cyclic N) is 2. The van der Waals surface area contributed by atoms with E-state index in [0.717, 1.165) is 0 Å². The summed E-state index contributed by atoms with van der Waals surface area (Å²) in [6.07, 6.45) is -0.512. The Morgan fingerprint density at radius 3 is 1.21 bits per heavy atom. The van der Waals surface area contributed by atoms with Gasteiger partial charge in [0.15, 0.2) is 0 Å². The van der Waals surface area contributed by atoms with Crippen molar-refractivity contribution in [3.63, 3.8) is 0 Å². The molecular formula is C36H58N6O14. The average molecular weight is 799 g/mol. The fourth-order valence-corrected chi connectivity index (χ4v) is 6.82. The van der Waals surface area contributed by atoms with Crippen LogP contribution in [0.15, 0.2) is 0 Å². The minimum atomic E-state index is -0.909. The zero-order chi connectivity index (χ0) is 42.1. The van der Waals surface area contributed by atoms with Gasteiger partial charge in [0, 0.05) is 39.0 Å². The number of ether oxygens (including phenoxy) is 4. The largest absolute Gasteiger partial charge is 0.468 e. The first kappa shape index (κ1) is 45.7. The topological polar surface area (TPSA) is 251 Å². The fraction of sp³-hybridized carbons (Fsp3) is 0.778. The number of hydrogen-bond donors (Lipinski definition) is 4. The van der Waals surface area contributed by atoms with Crippen molar-refractivity contribution in [1.29, 1.82) is 0 Å². The predicted molar refractivity (Wildman–Crippen MR) is 194 cm³/mol. The maximum atomic E-state index is 13.1. The van der Waals surface area contributed by atoms with E-state index < -0.39 is 95.3 Å². The van der Waals surface area contributed by atoms with Gasteiger partial charge < -0.3 is 49.6 Å². The van der Waals surface area contributed by atoms with Crippen molar-refractivity contribution < 1.29 is 67.5 Å². The van der Waals surface area contributed by atoms with Crippen LogP contribution in [0, 0.1) is 0 Å². The van der Waals surface area contributed by atoms with Gasteiger partial charge in [-0.2, -0.15) is 0 Å². The molecule has 0 unspecified atom stereocenters. The van der Waals surface area contributed by atoms with Crippen LogP contribution in [0.4, 0.5) is 9.59 Å². The number of aliphatic hydroxyl groups is 2. The van der Waals surface area contributed by atoms with E-state index in [4.69, 9.17) is 9.47 Å². The molecule has 0 aromatic rings. The first-order valence-electron chi connectivity index (χ1n) is 18.7. The van der Waals surface area contributed by atoms with Crippen molar-refractivity contribution in [2.45, 2.75) is 128 Å². The predicted octanol–water partition coefficient (Wildman–Crippen LogP) is -0.726. The maximum absolute atomic E-state index is 13.1. The highest BCUT2D eigenvalue weighted by atomic mass is 16.6. The number of carbonyl (C=O) groups excluding carboxylic acids is 8. The van der Waals surface area contributed by atoms with E-state index in [0.29, 0.717) is 38.8 Å². The second-order valence-electron chi connectivity index (χ2n) is 16.0. The fourth-order valence-electron chi connectivity index (χ4n) is 6.82. The first-order chi connectivity index (χ1) is 26.1. The maximum Gasteiger partial charge on any atom is 0.410 e. The van der Waals surface area contributed by atoms with Crippen LogP contribution >= 0.6 is 0 Å². The van der Waals surface area contributed by atoms with Crippen molar-refractivity contribution in [3.05, 3.63) is 0 Å². The molecule has 6 atom stereocenters. The third-order valence-electron chi connectivity index (χ3n) is 9.33. The second-order valence-corrected chi connectivity index (χ2v) is 16.0. The highest BCUT2D eigenvalue weighted by Crippen LogP contribution is 2.28. The highest BCUT2D eigenvalue weighted by Gasteiger charge is 2.47. The van der Waals surface area contributed by atoms with Gasteiger partial charge in [-0.15, -0.1) is 0 Å². The van der Waals surface area contributed by atoms with Gasteiger partial charge in [0.05, 0.1) is 26.4 Å². The molecule has 20 heteroatoms. The Labute approximate surface area is 326 Å². The van der Waals surface area contributed by atoms with Crippen molar-refractivity contribution in [2.75, 3.05) is 53.5 Å². The molecular weight excluding hydrogens is 740 g/mol. The molecule has 4 saturated heterocycles. The molecule has 0 saturated carbocycles. The van der Waals surface area contributed by atoms with Gasteiger partial charge in [-0.25, -0.2) is 9.59 Å². The van der Waals surface area contributed by atoms with Gasteiger partial charge in [-0.1, -0.05) is 0 Å². The molecule has 0 radical (unpaired) electrons. The Kier molecular flexibility index (Phi) is 15.8. The number of carbonyl (C=O) groups is 8. The van der Waals surface area contributed by atoms with E-state index >= 15 is 0 Å². The summed E-state index contributed by atoms with van der Waals surface area (Å²) in [5.41, 5.74) is -1.37. The van der Waals surface area contributed by atoms with Crippen molar-refractivity contribution in [3.8, 4) is 0 Å². The van der Waals surface area contributed by atoms with Crippen molar-refractivity contribution >= 4 is 47.8 Å². The van der Waals surface area contributed by atoms with E-state index in [9.17, 15) is 48.6 Å².